The Morgan fingerprint density at radius 3 is 2.42 bits per heavy atom. The van der Waals surface area contributed by atoms with Crippen LogP contribution in [0, 0.1) is 0 Å². The Labute approximate surface area is 227 Å². The van der Waals surface area contributed by atoms with E-state index in [1.165, 1.54) is 25.3 Å². The van der Waals surface area contributed by atoms with Crippen LogP contribution in [0.4, 0.5) is 11.4 Å². The number of Topliss-reactive ketones (excluding diaryl/α,β-unsaturated/α-hetero) is 1. The number of ketones is 1. The number of fused-ring (bicyclic) bond motifs is 2. The summed E-state index contributed by atoms with van der Waals surface area (Å²) in [5, 5.41) is 14.2. The molecule has 13 heteroatoms. The van der Waals surface area contributed by atoms with Crippen molar-refractivity contribution in [2.75, 3.05) is 16.3 Å². The van der Waals surface area contributed by atoms with Crippen molar-refractivity contribution in [1.29, 1.82) is 0 Å². The lowest BCUT2D eigenvalue weighted by Gasteiger charge is -2.29. The Morgan fingerprint density at radius 2 is 1.75 bits per heavy atom. The van der Waals surface area contributed by atoms with Crippen LogP contribution < -0.4 is 20.4 Å². The van der Waals surface area contributed by atoms with Gasteiger partial charge in [-0.1, -0.05) is 30.3 Å². The molecule has 0 saturated carbocycles. The number of carbonyl (C=O) groups excluding carboxylic acids is 6. The van der Waals surface area contributed by atoms with Gasteiger partial charge in [0.15, 0.2) is 0 Å². The van der Waals surface area contributed by atoms with Crippen molar-refractivity contribution in [3.05, 3.63) is 60.3 Å². The lowest BCUT2D eigenvalue weighted by atomic mass is 10.1. The number of anilines is 2. The molecule has 0 fully saturated rings. The summed E-state index contributed by atoms with van der Waals surface area (Å²) in [6, 6.07) is 11.8. The first-order valence-corrected chi connectivity index (χ1v) is 12.2. The Hall–Kier alpha value is -5.33. The third-order valence-corrected chi connectivity index (χ3v) is 6.30. The molecular weight excluding hydrogens is 522 g/mol. The van der Waals surface area contributed by atoms with Crippen LogP contribution in [0.15, 0.2) is 54.7 Å². The number of aromatic amines is 1. The number of aldehydes is 1. The number of nitrogens with zero attached hydrogens (tertiary/aromatic N) is 2. The zero-order valence-corrected chi connectivity index (χ0v) is 21.2. The van der Waals surface area contributed by atoms with E-state index in [1.807, 2.05) is 0 Å². The molecule has 2 atom stereocenters. The summed E-state index contributed by atoms with van der Waals surface area (Å²) >= 11 is 0. The highest BCUT2D eigenvalue weighted by Crippen LogP contribution is 2.34. The van der Waals surface area contributed by atoms with Gasteiger partial charge in [0, 0.05) is 24.0 Å². The molecule has 0 spiro atoms. The molecule has 4 rings (SSSR count). The van der Waals surface area contributed by atoms with Crippen LogP contribution in [-0.4, -0.2) is 70.5 Å². The van der Waals surface area contributed by atoms with Gasteiger partial charge in [-0.2, -0.15) is 0 Å². The zero-order valence-electron chi connectivity index (χ0n) is 21.2. The SMILES string of the molecule is CC(=O)N1c2ccccc2N(CC(=O)N[C@H](C=O)CC(=O)O)C(=O)C[C@H]1NC(=O)C(=O)c1c[nH]c2ccccc12. The number of rotatable bonds is 9. The van der Waals surface area contributed by atoms with Gasteiger partial charge < -0.3 is 30.4 Å². The third-order valence-electron chi connectivity index (χ3n) is 6.30. The Kier molecular flexibility index (Phi) is 8.03. The number of carboxylic acid groups (broad SMARTS) is 1. The van der Waals surface area contributed by atoms with Gasteiger partial charge >= 0.3 is 5.97 Å². The first-order valence-electron chi connectivity index (χ1n) is 12.2. The molecule has 0 unspecified atom stereocenters. The van der Waals surface area contributed by atoms with E-state index in [0.717, 1.165) is 9.80 Å². The van der Waals surface area contributed by atoms with Crippen molar-refractivity contribution < 1.29 is 38.7 Å². The molecule has 0 aliphatic carbocycles. The summed E-state index contributed by atoms with van der Waals surface area (Å²) in [6.07, 6.45) is -0.717. The molecule has 0 bridgehead atoms. The van der Waals surface area contributed by atoms with Crippen LogP contribution in [0.1, 0.15) is 30.1 Å². The van der Waals surface area contributed by atoms with Crippen molar-refractivity contribution in [1.82, 2.24) is 15.6 Å². The highest BCUT2D eigenvalue weighted by molar-refractivity contribution is 6.45. The predicted molar refractivity (Wildman–Crippen MR) is 141 cm³/mol. The van der Waals surface area contributed by atoms with Crippen molar-refractivity contribution >= 4 is 63.9 Å². The van der Waals surface area contributed by atoms with Gasteiger partial charge in [0.1, 0.15) is 19.0 Å². The van der Waals surface area contributed by atoms with Gasteiger partial charge in [-0.05, 0) is 18.2 Å². The minimum Gasteiger partial charge on any atom is -0.481 e. The Bertz CT molecular complexity index is 1530. The summed E-state index contributed by atoms with van der Waals surface area (Å²) < 4.78 is 0. The molecule has 13 nitrogen and oxygen atoms in total. The number of carbonyl (C=O) groups is 7. The number of carboxylic acids is 1. The van der Waals surface area contributed by atoms with E-state index in [2.05, 4.69) is 15.6 Å². The second-order valence-electron chi connectivity index (χ2n) is 9.04. The third kappa shape index (κ3) is 5.72. The molecule has 1 aliphatic rings. The maximum atomic E-state index is 13.4. The summed E-state index contributed by atoms with van der Waals surface area (Å²) in [7, 11) is 0. The molecule has 2 heterocycles. The second kappa shape index (κ2) is 11.6. The Balaban J connectivity index is 1.61. The maximum absolute atomic E-state index is 13.4. The fourth-order valence-corrected chi connectivity index (χ4v) is 4.56. The predicted octanol–water partition coefficient (Wildman–Crippen LogP) is 0.741. The van der Waals surface area contributed by atoms with Crippen molar-refractivity contribution in [3.63, 3.8) is 0 Å². The summed E-state index contributed by atoms with van der Waals surface area (Å²) in [4.78, 5) is 92.2. The van der Waals surface area contributed by atoms with Crippen molar-refractivity contribution in [2.24, 2.45) is 0 Å². The second-order valence-corrected chi connectivity index (χ2v) is 9.04. The molecule has 0 radical (unpaired) electrons. The fourth-order valence-electron chi connectivity index (χ4n) is 4.56. The number of para-hydroxylation sites is 3. The molecule has 3 aromatic rings. The number of H-pyrrole nitrogens is 1. The summed E-state index contributed by atoms with van der Waals surface area (Å²) in [5.74, 6) is -5.24. The number of aromatic nitrogens is 1. The first kappa shape index (κ1) is 27.7. The topological polar surface area (TPSA) is 186 Å². The molecule has 40 heavy (non-hydrogen) atoms. The smallest absolute Gasteiger partial charge is 0.305 e. The minimum atomic E-state index is -1.31. The number of hydrogen-bond acceptors (Lipinski definition) is 7. The van der Waals surface area contributed by atoms with Gasteiger partial charge in [-0.3, -0.25) is 33.7 Å². The first-order chi connectivity index (χ1) is 19.1. The van der Waals surface area contributed by atoms with Gasteiger partial charge in [0.25, 0.3) is 11.7 Å². The van der Waals surface area contributed by atoms with Crippen LogP contribution in [0.3, 0.4) is 0 Å². The lowest BCUT2D eigenvalue weighted by Crippen LogP contribution is -2.53. The standard InChI is InChI=1S/C27H25N5O8/c1-15(34)32-21-9-5-4-8-20(21)31(13-23(35)29-16(14-33)10-25(37)38)24(36)11-22(32)30-27(40)26(39)18-12-28-19-7-3-2-6-17(18)19/h2-9,12,14,16,22,28H,10-11,13H2,1H3,(H,29,35)(H,30,40)(H,37,38)/t16-,22-/m0/s1. The van der Waals surface area contributed by atoms with E-state index in [0.29, 0.717) is 10.9 Å². The van der Waals surface area contributed by atoms with E-state index < -0.39 is 67.0 Å². The molecular formula is C27H25N5O8. The van der Waals surface area contributed by atoms with Crippen molar-refractivity contribution in [2.45, 2.75) is 32.0 Å². The lowest BCUT2D eigenvalue weighted by molar-refractivity contribution is -0.139. The van der Waals surface area contributed by atoms with Crippen LogP contribution in [-0.2, 0) is 28.8 Å². The quantitative estimate of drug-likeness (QED) is 0.172. The molecule has 4 N–H and O–H groups in total. The zero-order chi connectivity index (χ0) is 29.0. The monoisotopic (exact) mass is 547 g/mol. The molecule has 4 amide bonds. The summed E-state index contributed by atoms with van der Waals surface area (Å²) in [5.41, 5.74) is 1.12. The number of benzene rings is 2. The van der Waals surface area contributed by atoms with Gasteiger partial charge in [-0.15, -0.1) is 0 Å². The normalized spacial score (nSPS) is 15.5. The van der Waals surface area contributed by atoms with Crippen LogP contribution >= 0.6 is 0 Å². The van der Waals surface area contributed by atoms with E-state index in [1.54, 1.807) is 36.4 Å². The number of amides is 4. The van der Waals surface area contributed by atoms with E-state index >= 15 is 0 Å². The molecule has 1 aliphatic heterocycles. The minimum absolute atomic E-state index is 0.118. The summed E-state index contributed by atoms with van der Waals surface area (Å²) in [6.45, 7) is 0.630. The molecule has 2 aromatic carbocycles. The van der Waals surface area contributed by atoms with E-state index in [-0.39, 0.29) is 23.2 Å². The number of nitrogens with one attached hydrogen (secondary N) is 3. The van der Waals surface area contributed by atoms with Gasteiger partial charge in [-0.25, -0.2) is 0 Å². The van der Waals surface area contributed by atoms with Crippen molar-refractivity contribution in [3.8, 4) is 0 Å². The Morgan fingerprint density at radius 1 is 1.07 bits per heavy atom. The molecule has 0 saturated heterocycles. The fraction of sp³-hybridized carbons (Fsp3) is 0.222. The molecule has 1 aromatic heterocycles. The highest BCUT2D eigenvalue weighted by atomic mass is 16.4. The highest BCUT2D eigenvalue weighted by Gasteiger charge is 2.37. The largest absolute Gasteiger partial charge is 0.481 e. The van der Waals surface area contributed by atoms with Crippen LogP contribution in [0.2, 0.25) is 0 Å². The number of aliphatic carboxylic acids is 1. The molecule has 206 valence electrons. The average Bonchev–Trinajstić information content (AvgIpc) is 3.30. The number of hydrogen-bond donors (Lipinski definition) is 4. The van der Waals surface area contributed by atoms with E-state index in [4.69, 9.17) is 5.11 Å². The average molecular weight is 548 g/mol. The van der Waals surface area contributed by atoms with Gasteiger partial charge in [0.05, 0.1) is 35.8 Å². The van der Waals surface area contributed by atoms with Crippen LogP contribution in [0.25, 0.3) is 10.9 Å². The maximum Gasteiger partial charge on any atom is 0.305 e. The van der Waals surface area contributed by atoms with Gasteiger partial charge in [0.2, 0.25) is 17.7 Å². The van der Waals surface area contributed by atoms with Crippen LogP contribution in [0.5, 0.6) is 0 Å². The van der Waals surface area contributed by atoms with E-state index in [9.17, 15) is 33.6 Å².